The van der Waals surface area contributed by atoms with E-state index in [-0.39, 0.29) is 17.3 Å². The van der Waals surface area contributed by atoms with Crippen molar-refractivity contribution in [3.8, 4) is 0 Å². The first-order valence-electron chi connectivity index (χ1n) is 3.57. The van der Waals surface area contributed by atoms with Gasteiger partial charge in [-0.05, 0) is 13.1 Å². The molecule has 5 nitrogen and oxygen atoms in total. The fourth-order valence-corrected chi connectivity index (χ4v) is 1.58. The summed E-state index contributed by atoms with van der Waals surface area (Å²) < 4.78 is 0. The topological polar surface area (TPSA) is 72.2 Å². The Labute approximate surface area is 78.5 Å². The van der Waals surface area contributed by atoms with Crippen LogP contribution in [0.1, 0.15) is 9.67 Å². The zero-order valence-corrected chi connectivity index (χ0v) is 7.76. The number of nitro groups is 1. The minimum absolute atomic E-state index is 0.000506. The average Bonchev–Trinajstić information content (AvgIpc) is 2.52. The Morgan fingerprint density at radius 1 is 1.69 bits per heavy atom. The second-order valence-electron chi connectivity index (χ2n) is 2.35. The molecule has 0 aliphatic carbocycles. The molecule has 0 fully saturated rings. The molecule has 0 radical (unpaired) electrons. The molecule has 0 aliphatic rings. The molecule has 0 amide bonds. The molecule has 6 heteroatoms. The fraction of sp³-hybridized carbons (Fsp3) is 0.286. The average molecular weight is 200 g/mol. The highest BCUT2D eigenvalue weighted by atomic mass is 32.1. The highest BCUT2D eigenvalue weighted by molar-refractivity contribution is 7.17. The van der Waals surface area contributed by atoms with Crippen molar-refractivity contribution < 1.29 is 9.72 Å². The molecule has 70 valence electrons. The Morgan fingerprint density at radius 3 is 2.85 bits per heavy atom. The van der Waals surface area contributed by atoms with Crippen LogP contribution >= 0.6 is 11.3 Å². The Hall–Kier alpha value is -1.27. The lowest BCUT2D eigenvalue weighted by Gasteiger charge is -1.92. The lowest BCUT2D eigenvalue weighted by atomic mass is 10.3. The number of carbonyl (C=O) groups excluding carboxylic acids is 1. The molecular weight excluding hydrogens is 192 g/mol. The van der Waals surface area contributed by atoms with Gasteiger partial charge in [0.2, 0.25) is 0 Å². The molecule has 1 N–H and O–H groups in total. The molecule has 1 heterocycles. The number of nitrogens with one attached hydrogen (secondary N) is 1. The largest absolute Gasteiger partial charge is 0.324 e. The van der Waals surface area contributed by atoms with E-state index in [2.05, 4.69) is 5.32 Å². The summed E-state index contributed by atoms with van der Waals surface area (Å²) in [6.07, 6.45) is 0. The van der Waals surface area contributed by atoms with E-state index in [0.717, 1.165) is 11.3 Å². The van der Waals surface area contributed by atoms with E-state index in [1.54, 1.807) is 7.05 Å². The number of thiophene rings is 1. The second kappa shape index (κ2) is 4.11. The first-order chi connectivity index (χ1) is 6.15. The predicted octanol–water partition coefficient (Wildman–Crippen LogP) is 1.06. The first kappa shape index (κ1) is 9.82. The Balaban J connectivity index is 2.79. The SMILES string of the molecule is CNCC(=O)c1ccc([N+](=O)[O-])s1. The summed E-state index contributed by atoms with van der Waals surface area (Å²) in [5, 5.41) is 13.0. The van der Waals surface area contributed by atoms with Gasteiger partial charge in [-0.3, -0.25) is 14.9 Å². The van der Waals surface area contributed by atoms with E-state index < -0.39 is 4.92 Å². The van der Waals surface area contributed by atoms with Crippen LogP contribution in [-0.2, 0) is 0 Å². The van der Waals surface area contributed by atoms with Crippen LogP contribution < -0.4 is 5.32 Å². The van der Waals surface area contributed by atoms with E-state index in [1.165, 1.54) is 12.1 Å². The van der Waals surface area contributed by atoms with Gasteiger partial charge >= 0.3 is 5.00 Å². The highest BCUT2D eigenvalue weighted by Gasteiger charge is 2.13. The summed E-state index contributed by atoms with van der Waals surface area (Å²) in [6, 6.07) is 2.82. The van der Waals surface area contributed by atoms with E-state index in [4.69, 9.17) is 0 Å². The van der Waals surface area contributed by atoms with E-state index in [9.17, 15) is 14.9 Å². The standard InChI is InChI=1S/C7H8N2O3S/c1-8-4-5(10)6-2-3-7(13-6)9(11)12/h2-3,8H,4H2,1H3. The number of likely N-dealkylation sites (N-methyl/N-ethyl adjacent to an activating group) is 1. The zero-order chi connectivity index (χ0) is 9.84. The Morgan fingerprint density at radius 2 is 2.38 bits per heavy atom. The van der Waals surface area contributed by atoms with Crippen molar-refractivity contribution in [2.24, 2.45) is 0 Å². The van der Waals surface area contributed by atoms with Crippen LogP contribution in [0, 0.1) is 10.1 Å². The van der Waals surface area contributed by atoms with Crippen molar-refractivity contribution in [3.63, 3.8) is 0 Å². The van der Waals surface area contributed by atoms with Gasteiger partial charge in [-0.2, -0.15) is 0 Å². The summed E-state index contributed by atoms with van der Waals surface area (Å²) in [4.78, 5) is 21.4. The van der Waals surface area contributed by atoms with E-state index in [0.29, 0.717) is 4.88 Å². The summed E-state index contributed by atoms with van der Waals surface area (Å²) in [5.74, 6) is -0.124. The molecule has 0 saturated heterocycles. The van der Waals surface area contributed by atoms with Gasteiger partial charge < -0.3 is 5.32 Å². The predicted molar refractivity (Wildman–Crippen MR) is 49.2 cm³/mol. The minimum Gasteiger partial charge on any atom is -0.313 e. The van der Waals surface area contributed by atoms with Crippen LogP contribution in [0.15, 0.2) is 12.1 Å². The molecule has 0 aliphatic heterocycles. The Kier molecular flexibility index (Phi) is 3.10. The quantitative estimate of drug-likeness (QED) is 0.448. The molecule has 0 unspecified atom stereocenters. The normalized spacial score (nSPS) is 9.92. The zero-order valence-electron chi connectivity index (χ0n) is 6.94. The van der Waals surface area contributed by atoms with Gasteiger partial charge in [0, 0.05) is 6.07 Å². The van der Waals surface area contributed by atoms with Crippen molar-refractivity contribution in [3.05, 3.63) is 27.1 Å². The first-order valence-corrected chi connectivity index (χ1v) is 4.39. The molecule has 0 aromatic carbocycles. The number of hydrogen-bond acceptors (Lipinski definition) is 5. The number of hydrogen-bond donors (Lipinski definition) is 1. The molecule has 13 heavy (non-hydrogen) atoms. The van der Waals surface area contributed by atoms with Gasteiger partial charge in [0.1, 0.15) is 0 Å². The molecule has 1 aromatic rings. The molecular formula is C7H8N2O3S. The number of nitrogens with zero attached hydrogens (tertiary/aromatic N) is 1. The molecule has 0 atom stereocenters. The monoisotopic (exact) mass is 200 g/mol. The third-order valence-electron chi connectivity index (χ3n) is 1.38. The Bertz CT molecular complexity index is 334. The maximum absolute atomic E-state index is 11.2. The third kappa shape index (κ3) is 2.33. The van der Waals surface area contributed by atoms with Crippen LogP contribution in [0.4, 0.5) is 5.00 Å². The van der Waals surface area contributed by atoms with Crippen molar-refractivity contribution in [1.29, 1.82) is 0 Å². The smallest absolute Gasteiger partial charge is 0.313 e. The third-order valence-corrected chi connectivity index (χ3v) is 2.46. The van der Waals surface area contributed by atoms with Crippen LogP contribution in [-0.4, -0.2) is 24.3 Å². The van der Waals surface area contributed by atoms with Gasteiger partial charge in [-0.1, -0.05) is 11.3 Å². The summed E-state index contributed by atoms with van der Waals surface area (Å²) >= 11 is 0.900. The van der Waals surface area contributed by atoms with Gasteiger partial charge in [-0.15, -0.1) is 0 Å². The molecule has 0 saturated carbocycles. The van der Waals surface area contributed by atoms with Crippen LogP contribution in [0.3, 0.4) is 0 Å². The van der Waals surface area contributed by atoms with Gasteiger partial charge in [-0.25, -0.2) is 0 Å². The second-order valence-corrected chi connectivity index (χ2v) is 3.41. The van der Waals surface area contributed by atoms with Gasteiger partial charge in [0.15, 0.2) is 5.78 Å². The number of Topliss-reactive ketones (excluding diaryl/α,β-unsaturated/α-hetero) is 1. The number of ketones is 1. The van der Waals surface area contributed by atoms with Crippen LogP contribution in [0.25, 0.3) is 0 Å². The highest BCUT2D eigenvalue weighted by Crippen LogP contribution is 2.23. The summed E-state index contributed by atoms with van der Waals surface area (Å²) in [6.45, 7) is 0.206. The van der Waals surface area contributed by atoms with Crippen LogP contribution in [0.5, 0.6) is 0 Å². The maximum atomic E-state index is 11.2. The molecule has 1 rings (SSSR count). The fourth-order valence-electron chi connectivity index (χ4n) is 0.823. The molecule has 0 bridgehead atoms. The van der Waals surface area contributed by atoms with Crippen molar-refractivity contribution in [1.82, 2.24) is 5.32 Å². The molecule has 1 aromatic heterocycles. The molecule has 0 spiro atoms. The van der Waals surface area contributed by atoms with E-state index >= 15 is 0 Å². The van der Waals surface area contributed by atoms with Crippen molar-refractivity contribution >= 4 is 22.1 Å². The van der Waals surface area contributed by atoms with E-state index in [1.807, 2.05) is 0 Å². The summed E-state index contributed by atoms with van der Waals surface area (Å²) in [7, 11) is 1.65. The van der Waals surface area contributed by atoms with Crippen LogP contribution in [0.2, 0.25) is 0 Å². The van der Waals surface area contributed by atoms with Crippen molar-refractivity contribution in [2.45, 2.75) is 0 Å². The van der Waals surface area contributed by atoms with Gasteiger partial charge in [0.05, 0.1) is 16.3 Å². The lowest BCUT2D eigenvalue weighted by Crippen LogP contribution is -2.17. The summed E-state index contributed by atoms with van der Waals surface area (Å²) in [5.41, 5.74) is 0. The minimum atomic E-state index is -0.499. The lowest BCUT2D eigenvalue weighted by molar-refractivity contribution is -0.380. The maximum Gasteiger partial charge on any atom is 0.324 e. The number of carbonyl (C=O) groups is 1. The number of rotatable bonds is 4. The van der Waals surface area contributed by atoms with Gasteiger partial charge in [0.25, 0.3) is 0 Å². The van der Waals surface area contributed by atoms with Crippen molar-refractivity contribution in [2.75, 3.05) is 13.6 Å².